The summed E-state index contributed by atoms with van der Waals surface area (Å²) in [5, 5.41) is 15.1. The van der Waals surface area contributed by atoms with Crippen molar-refractivity contribution < 1.29 is 14.2 Å². The summed E-state index contributed by atoms with van der Waals surface area (Å²) < 4.78 is 22.1. The highest BCUT2D eigenvalue weighted by molar-refractivity contribution is 6.03. The van der Waals surface area contributed by atoms with Gasteiger partial charge in [-0.25, -0.2) is 4.39 Å². The van der Waals surface area contributed by atoms with E-state index in [2.05, 4.69) is 34.9 Å². The lowest BCUT2D eigenvalue weighted by Crippen LogP contribution is -2.34. The first-order valence-corrected chi connectivity index (χ1v) is 11.6. The van der Waals surface area contributed by atoms with E-state index in [-0.39, 0.29) is 17.8 Å². The highest BCUT2D eigenvalue weighted by Crippen LogP contribution is 2.54. The Morgan fingerprint density at radius 1 is 1.29 bits per heavy atom. The number of fused-ring (bicyclic) bond motifs is 1. The largest absolute Gasteiger partial charge is 0.492 e. The van der Waals surface area contributed by atoms with E-state index in [0.717, 1.165) is 28.2 Å². The first-order valence-electron chi connectivity index (χ1n) is 11.6. The Labute approximate surface area is 200 Å². The van der Waals surface area contributed by atoms with Gasteiger partial charge in [0.2, 0.25) is 0 Å². The SMILES string of the molecule is CN=C1C=C[C@H]2C(c3ccc(F)cc3OCCc3c(C(O)N(C)C)nn(C)c3C)=C2N1C(C)C. The van der Waals surface area contributed by atoms with E-state index < -0.39 is 6.23 Å². The van der Waals surface area contributed by atoms with Gasteiger partial charge < -0.3 is 14.7 Å². The van der Waals surface area contributed by atoms with Crippen LogP contribution in [0.15, 0.2) is 41.0 Å². The minimum Gasteiger partial charge on any atom is -0.492 e. The summed E-state index contributed by atoms with van der Waals surface area (Å²) in [7, 11) is 7.27. The number of aliphatic hydroxyl groups is 1. The number of amidine groups is 1. The van der Waals surface area contributed by atoms with Gasteiger partial charge in [-0.3, -0.25) is 14.6 Å². The Kier molecular flexibility index (Phi) is 6.64. The fourth-order valence-electron chi connectivity index (χ4n) is 4.65. The first-order chi connectivity index (χ1) is 16.1. The molecule has 0 saturated carbocycles. The minimum atomic E-state index is -0.801. The number of benzene rings is 1. The van der Waals surface area contributed by atoms with Crippen LogP contribution in [0.2, 0.25) is 0 Å². The number of aryl methyl sites for hydroxylation is 1. The maximum Gasteiger partial charge on any atom is 0.152 e. The van der Waals surface area contributed by atoms with Gasteiger partial charge in [-0.05, 0) is 58.6 Å². The summed E-state index contributed by atoms with van der Waals surface area (Å²) in [6, 6.07) is 5.00. The maximum absolute atomic E-state index is 14.2. The highest BCUT2D eigenvalue weighted by Gasteiger charge is 2.45. The average Bonchev–Trinajstić information content (AvgIpc) is 3.45. The summed E-state index contributed by atoms with van der Waals surface area (Å²) in [4.78, 5) is 8.37. The van der Waals surface area contributed by atoms with Gasteiger partial charge in [0.15, 0.2) is 6.23 Å². The van der Waals surface area contributed by atoms with Crippen molar-refractivity contribution in [3.8, 4) is 5.75 Å². The van der Waals surface area contributed by atoms with Crippen molar-refractivity contribution in [1.82, 2.24) is 19.6 Å². The molecule has 0 saturated heterocycles. The summed E-state index contributed by atoms with van der Waals surface area (Å²) in [5.74, 6) is 1.32. The molecule has 182 valence electrons. The number of nitrogens with zero attached hydrogens (tertiary/aromatic N) is 5. The molecule has 1 unspecified atom stereocenters. The zero-order chi connectivity index (χ0) is 24.7. The van der Waals surface area contributed by atoms with Gasteiger partial charge >= 0.3 is 0 Å². The second-order valence-corrected chi connectivity index (χ2v) is 9.33. The molecule has 4 rings (SSSR count). The van der Waals surface area contributed by atoms with Gasteiger partial charge in [0.25, 0.3) is 0 Å². The number of hydrogen-bond acceptors (Lipinski definition) is 5. The first kappa shape index (κ1) is 24.2. The smallest absolute Gasteiger partial charge is 0.152 e. The molecule has 1 N–H and O–H groups in total. The molecule has 0 radical (unpaired) electrons. The highest BCUT2D eigenvalue weighted by atomic mass is 19.1. The number of aliphatic imine (C=N–C) groups is 1. The third kappa shape index (κ3) is 4.28. The molecule has 2 atom stereocenters. The number of aromatic nitrogens is 2. The zero-order valence-electron chi connectivity index (χ0n) is 21.0. The van der Waals surface area contributed by atoms with Crippen molar-refractivity contribution >= 4 is 11.4 Å². The predicted molar refractivity (Wildman–Crippen MR) is 132 cm³/mol. The molecule has 7 nitrogen and oxygen atoms in total. The quantitative estimate of drug-likeness (QED) is 0.600. The third-order valence-corrected chi connectivity index (χ3v) is 6.55. The second kappa shape index (κ2) is 9.35. The molecule has 0 spiro atoms. The lowest BCUT2D eigenvalue weighted by Gasteiger charge is -2.28. The van der Waals surface area contributed by atoms with Crippen molar-refractivity contribution in [2.75, 3.05) is 27.7 Å². The predicted octanol–water partition coefficient (Wildman–Crippen LogP) is 3.69. The molecule has 2 aliphatic rings. The van der Waals surface area contributed by atoms with Crippen LogP contribution >= 0.6 is 0 Å². The number of halogens is 1. The molecular weight excluding hydrogens is 433 g/mol. The Hall–Kier alpha value is -2.97. The van der Waals surface area contributed by atoms with Gasteiger partial charge in [0.05, 0.1) is 6.61 Å². The molecule has 34 heavy (non-hydrogen) atoms. The number of aliphatic hydroxyl groups excluding tert-OH is 1. The molecule has 1 aliphatic heterocycles. The van der Waals surface area contributed by atoms with Crippen LogP contribution in [0.25, 0.3) is 5.57 Å². The van der Waals surface area contributed by atoms with Crippen LogP contribution in [0.3, 0.4) is 0 Å². The summed E-state index contributed by atoms with van der Waals surface area (Å²) in [6.07, 6.45) is 3.95. The molecule has 0 fully saturated rings. The number of hydrogen-bond donors (Lipinski definition) is 1. The molecule has 0 bridgehead atoms. The van der Waals surface area contributed by atoms with Crippen molar-refractivity contribution in [1.29, 1.82) is 0 Å². The summed E-state index contributed by atoms with van der Waals surface area (Å²) >= 11 is 0. The molecule has 8 heteroatoms. The fourth-order valence-corrected chi connectivity index (χ4v) is 4.65. The lowest BCUT2D eigenvalue weighted by atomic mass is 10.1. The maximum atomic E-state index is 14.2. The summed E-state index contributed by atoms with van der Waals surface area (Å²) in [5.41, 5.74) is 5.80. The van der Waals surface area contributed by atoms with Gasteiger partial charge in [-0.2, -0.15) is 5.10 Å². The van der Waals surface area contributed by atoms with Crippen molar-refractivity contribution in [2.24, 2.45) is 18.0 Å². The number of rotatable bonds is 8. The standard InChI is InChI=1S/C26H34FN5O2/c1-15(2)32-22(28-4)11-10-20-23(25(20)32)19-9-8-17(27)14-21(19)34-13-12-18-16(3)31(7)29-24(18)26(33)30(5)6/h8-11,14-15,20,26,33H,12-13H2,1-7H3/t20-,26?/m0/s1. The molecule has 1 aromatic heterocycles. The molecule has 2 heterocycles. The molecule has 2 aromatic rings. The molecule has 1 aliphatic carbocycles. The van der Waals surface area contributed by atoms with Gasteiger partial charge in [-0.15, -0.1) is 0 Å². The van der Waals surface area contributed by atoms with E-state index >= 15 is 0 Å². The van der Waals surface area contributed by atoms with Crippen molar-refractivity contribution in [3.63, 3.8) is 0 Å². The minimum absolute atomic E-state index is 0.197. The Bertz CT molecular complexity index is 1180. The van der Waals surface area contributed by atoms with E-state index in [1.807, 2.05) is 34.1 Å². The van der Waals surface area contributed by atoms with E-state index in [1.54, 1.807) is 22.7 Å². The van der Waals surface area contributed by atoms with Gasteiger partial charge in [0, 0.05) is 61.1 Å². The topological polar surface area (TPSA) is 66.1 Å². The number of ether oxygens (including phenoxy) is 1. The van der Waals surface area contributed by atoms with Gasteiger partial charge in [0.1, 0.15) is 23.1 Å². The van der Waals surface area contributed by atoms with Crippen LogP contribution < -0.4 is 4.74 Å². The van der Waals surface area contributed by atoms with Crippen LogP contribution in [0.5, 0.6) is 5.75 Å². The lowest BCUT2D eigenvalue weighted by molar-refractivity contribution is 0.0345. The van der Waals surface area contributed by atoms with E-state index in [1.165, 1.54) is 17.8 Å². The monoisotopic (exact) mass is 467 g/mol. The van der Waals surface area contributed by atoms with Crippen LogP contribution in [0.1, 0.15) is 42.6 Å². The van der Waals surface area contributed by atoms with E-state index in [4.69, 9.17) is 4.74 Å². The zero-order valence-corrected chi connectivity index (χ0v) is 21.0. The molecular formula is C26H34FN5O2. The second-order valence-electron chi connectivity index (χ2n) is 9.33. The third-order valence-electron chi connectivity index (χ3n) is 6.55. The van der Waals surface area contributed by atoms with Crippen molar-refractivity contribution in [3.05, 3.63) is 64.4 Å². The average molecular weight is 468 g/mol. The van der Waals surface area contributed by atoms with E-state index in [0.29, 0.717) is 24.5 Å². The van der Waals surface area contributed by atoms with E-state index in [9.17, 15) is 9.50 Å². The molecule has 1 aromatic carbocycles. The Balaban J connectivity index is 1.59. The van der Waals surface area contributed by atoms with Crippen LogP contribution in [-0.2, 0) is 13.5 Å². The Morgan fingerprint density at radius 2 is 2.03 bits per heavy atom. The van der Waals surface area contributed by atoms with Crippen LogP contribution in [0, 0.1) is 18.7 Å². The molecule has 0 amide bonds. The van der Waals surface area contributed by atoms with Crippen LogP contribution in [0.4, 0.5) is 4.39 Å². The Morgan fingerprint density at radius 3 is 2.68 bits per heavy atom. The fraction of sp³-hybridized carbons (Fsp3) is 0.462. The number of allylic oxidation sites excluding steroid dienone is 2. The van der Waals surface area contributed by atoms with Gasteiger partial charge in [-0.1, -0.05) is 6.08 Å². The van der Waals surface area contributed by atoms with Crippen molar-refractivity contribution in [2.45, 2.75) is 39.5 Å². The summed E-state index contributed by atoms with van der Waals surface area (Å²) in [6.45, 7) is 6.60. The normalized spacial score (nSPS) is 19.4. The van der Waals surface area contributed by atoms with Crippen LogP contribution in [-0.4, -0.2) is 64.3 Å².